The van der Waals surface area contributed by atoms with Gasteiger partial charge in [0.05, 0.1) is 11.8 Å². The Hall–Kier alpha value is -3.08. The van der Waals surface area contributed by atoms with E-state index in [4.69, 9.17) is 4.74 Å². The van der Waals surface area contributed by atoms with Gasteiger partial charge in [0, 0.05) is 43.0 Å². The Morgan fingerprint density at radius 1 is 1.00 bits per heavy atom. The second kappa shape index (κ2) is 7.89. The molecule has 5 heteroatoms. The Labute approximate surface area is 165 Å². The third-order valence-electron chi connectivity index (χ3n) is 5.03. The van der Waals surface area contributed by atoms with Gasteiger partial charge in [-0.2, -0.15) is 0 Å². The van der Waals surface area contributed by atoms with E-state index in [0.29, 0.717) is 5.90 Å². The lowest BCUT2D eigenvalue weighted by Gasteiger charge is -2.34. The van der Waals surface area contributed by atoms with Gasteiger partial charge in [-0.25, -0.2) is 4.99 Å². The molecule has 5 nitrogen and oxygen atoms in total. The van der Waals surface area contributed by atoms with Crippen LogP contribution in [-0.4, -0.2) is 49.5 Å². The van der Waals surface area contributed by atoms with E-state index in [1.807, 2.05) is 36.9 Å². The van der Waals surface area contributed by atoms with Gasteiger partial charge in [0.25, 0.3) is 0 Å². The van der Waals surface area contributed by atoms with Crippen molar-refractivity contribution in [1.82, 2.24) is 4.90 Å². The predicted molar refractivity (Wildman–Crippen MR) is 114 cm³/mol. The van der Waals surface area contributed by atoms with Crippen molar-refractivity contribution in [3.63, 3.8) is 0 Å². The van der Waals surface area contributed by atoms with E-state index < -0.39 is 0 Å². The summed E-state index contributed by atoms with van der Waals surface area (Å²) in [4.78, 5) is 19.7. The molecule has 1 saturated heterocycles. The van der Waals surface area contributed by atoms with Crippen molar-refractivity contribution in [3.05, 3.63) is 59.7 Å². The fourth-order valence-electron chi connectivity index (χ4n) is 3.57. The number of para-hydroxylation sites is 1. The van der Waals surface area contributed by atoms with Gasteiger partial charge >= 0.3 is 0 Å². The zero-order chi connectivity index (χ0) is 19.5. The molecule has 4 rings (SSSR count). The van der Waals surface area contributed by atoms with Gasteiger partial charge in [0.1, 0.15) is 0 Å². The normalized spacial score (nSPS) is 17.7. The zero-order valence-corrected chi connectivity index (χ0v) is 16.3. The van der Waals surface area contributed by atoms with Crippen LogP contribution in [-0.2, 0) is 9.53 Å². The maximum atomic E-state index is 10.9. The summed E-state index contributed by atoms with van der Waals surface area (Å²) in [5.41, 5.74) is 5.38. The van der Waals surface area contributed by atoms with E-state index in [9.17, 15) is 4.79 Å². The van der Waals surface area contributed by atoms with Gasteiger partial charge in [-0.15, -0.1) is 0 Å². The number of amides is 1. The molecule has 0 spiro atoms. The lowest BCUT2D eigenvalue weighted by atomic mass is 10.0. The summed E-state index contributed by atoms with van der Waals surface area (Å²) in [5.74, 6) is 0.685. The van der Waals surface area contributed by atoms with Crippen molar-refractivity contribution < 1.29 is 9.53 Å². The Morgan fingerprint density at radius 3 is 2.39 bits per heavy atom. The number of hydrogen-bond donors (Lipinski definition) is 0. The third-order valence-corrected chi connectivity index (χ3v) is 5.03. The molecule has 2 aliphatic rings. The van der Waals surface area contributed by atoms with Crippen LogP contribution in [0.1, 0.15) is 25.0 Å². The van der Waals surface area contributed by atoms with Crippen LogP contribution in [0.5, 0.6) is 0 Å². The first-order valence-corrected chi connectivity index (χ1v) is 9.75. The van der Waals surface area contributed by atoms with Crippen molar-refractivity contribution in [3.8, 4) is 0 Å². The second-order valence-corrected chi connectivity index (χ2v) is 7.38. The molecule has 2 heterocycles. The van der Waals surface area contributed by atoms with Crippen molar-refractivity contribution in [2.24, 2.45) is 4.99 Å². The number of benzene rings is 2. The number of anilines is 1. The van der Waals surface area contributed by atoms with Crippen LogP contribution in [0, 0.1) is 0 Å². The third kappa shape index (κ3) is 3.79. The summed E-state index contributed by atoms with van der Waals surface area (Å²) in [7, 11) is 0. The monoisotopic (exact) mass is 375 g/mol. The lowest BCUT2D eigenvalue weighted by molar-refractivity contribution is -0.118. The summed E-state index contributed by atoms with van der Waals surface area (Å²) in [5, 5.41) is 0. The number of nitrogens with zero attached hydrogens (tertiary/aromatic N) is 3. The van der Waals surface area contributed by atoms with Gasteiger partial charge in [-0.3, -0.25) is 4.79 Å². The van der Waals surface area contributed by atoms with Crippen LogP contribution in [0.4, 0.5) is 11.4 Å². The highest BCUT2D eigenvalue weighted by molar-refractivity contribution is 6.29. The Bertz CT molecular complexity index is 908. The molecule has 1 fully saturated rings. The average molecular weight is 375 g/mol. The standard InChI is InChI=1S/C23H25N3O2/c1-17(2)28-23-21(20-5-3-4-6-22(20)24-23)15-18-7-9-19(10-8-18)26-13-11-25(16-27)12-14-26/h3-10,15-17H,11-14H2,1-2H3/b21-15-. The number of rotatable bonds is 4. The highest BCUT2D eigenvalue weighted by Gasteiger charge is 2.23. The van der Waals surface area contributed by atoms with Crippen LogP contribution in [0.2, 0.25) is 0 Å². The molecular formula is C23H25N3O2. The molecule has 2 aromatic carbocycles. The topological polar surface area (TPSA) is 45.1 Å². The smallest absolute Gasteiger partial charge is 0.222 e. The second-order valence-electron chi connectivity index (χ2n) is 7.38. The van der Waals surface area contributed by atoms with E-state index in [0.717, 1.165) is 55.0 Å². The molecule has 0 N–H and O–H groups in total. The molecule has 0 bridgehead atoms. The first kappa shape index (κ1) is 18.3. The predicted octanol–water partition coefficient (Wildman–Crippen LogP) is 3.97. The molecule has 2 aromatic rings. The van der Waals surface area contributed by atoms with Crippen molar-refractivity contribution >= 4 is 35.3 Å². The Kier molecular flexibility index (Phi) is 5.15. The molecule has 0 aliphatic carbocycles. The summed E-state index contributed by atoms with van der Waals surface area (Å²) >= 11 is 0. The largest absolute Gasteiger partial charge is 0.474 e. The summed E-state index contributed by atoms with van der Waals surface area (Å²) < 4.78 is 5.96. The highest BCUT2D eigenvalue weighted by Crippen LogP contribution is 2.36. The molecule has 144 valence electrons. The van der Waals surface area contributed by atoms with Gasteiger partial charge in [0.2, 0.25) is 12.3 Å². The van der Waals surface area contributed by atoms with Gasteiger partial charge < -0.3 is 14.5 Å². The fourth-order valence-corrected chi connectivity index (χ4v) is 3.57. The molecule has 0 unspecified atom stereocenters. The number of aliphatic imine (C=N–C) groups is 1. The lowest BCUT2D eigenvalue weighted by Crippen LogP contribution is -2.45. The van der Waals surface area contributed by atoms with E-state index in [-0.39, 0.29) is 6.10 Å². The van der Waals surface area contributed by atoms with E-state index in [1.54, 1.807) is 0 Å². The first-order valence-electron chi connectivity index (χ1n) is 9.75. The van der Waals surface area contributed by atoms with Crippen LogP contribution in [0.25, 0.3) is 11.6 Å². The maximum absolute atomic E-state index is 10.9. The number of hydrogen-bond acceptors (Lipinski definition) is 4. The van der Waals surface area contributed by atoms with Gasteiger partial charge in [0.15, 0.2) is 0 Å². The van der Waals surface area contributed by atoms with E-state index in [1.165, 1.54) is 5.69 Å². The summed E-state index contributed by atoms with van der Waals surface area (Å²) in [6.07, 6.45) is 3.15. The SMILES string of the molecule is CC(C)OC1=Nc2ccccc2/C1=C/c1ccc(N2CCN(C=O)CC2)cc1. The van der Waals surface area contributed by atoms with Crippen molar-refractivity contribution in [1.29, 1.82) is 0 Å². The van der Waals surface area contributed by atoms with Crippen LogP contribution < -0.4 is 4.90 Å². The van der Waals surface area contributed by atoms with E-state index >= 15 is 0 Å². The first-order chi connectivity index (χ1) is 13.6. The minimum Gasteiger partial charge on any atom is -0.474 e. The van der Waals surface area contributed by atoms with Crippen LogP contribution in [0.3, 0.4) is 0 Å². The summed E-state index contributed by atoms with van der Waals surface area (Å²) in [6.45, 7) is 7.32. The van der Waals surface area contributed by atoms with Crippen LogP contribution in [0.15, 0.2) is 53.5 Å². The number of carbonyl (C=O) groups excluding carboxylic acids is 1. The van der Waals surface area contributed by atoms with Crippen LogP contribution >= 0.6 is 0 Å². The minimum atomic E-state index is 0.0730. The molecule has 0 radical (unpaired) electrons. The zero-order valence-electron chi connectivity index (χ0n) is 16.3. The van der Waals surface area contributed by atoms with Crippen molar-refractivity contribution in [2.75, 3.05) is 31.1 Å². The van der Waals surface area contributed by atoms with Gasteiger partial charge in [-0.1, -0.05) is 30.3 Å². The number of piperazine rings is 1. The number of carbonyl (C=O) groups is 1. The van der Waals surface area contributed by atoms with Crippen molar-refractivity contribution in [2.45, 2.75) is 20.0 Å². The van der Waals surface area contributed by atoms with Gasteiger partial charge in [-0.05, 0) is 43.7 Å². The quantitative estimate of drug-likeness (QED) is 0.760. The molecule has 28 heavy (non-hydrogen) atoms. The fraction of sp³-hybridized carbons (Fsp3) is 0.304. The number of ether oxygens (including phenoxy) is 1. The summed E-state index contributed by atoms with van der Waals surface area (Å²) in [6, 6.07) is 16.7. The molecule has 0 saturated carbocycles. The Morgan fingerprint density at radius 2 is 1.71 bits per heavy atom. The molecule has 0 atom stereocenters. The molecular weight excluding hydrogens is 350 g/mol. The highest BCUT2D eigenvalue weighted by atomic mass is 16.5. The minimum absolute atomic E-state index is 0.0730. The van der Waals surface area contributed by atoms with E-state index in [2.05, 4.69) is 46.3 Å². The molecule has 0 aromatic heterocycles. The Balaban J connectivity index is 1.56. The molecule has 1 amide bonds. The maximum Gasteiger partial charge on any atom is 0.222 e. The molecule has 2 aliphatic heterocycles. The average Bonchev–Trinajstić information content (AvgIpc) is 3.05. The number of fused-ring (bicyclic) bond motifs is 1.